The Morgan fingerprint density at radius 1 is 1.39 bits per heavy atom. The fraction of sp³-hybridized carbons (Fsp3) is 0.357. The highest BCUT2D eigenvalue weighted by Gasteiger charge is 2.10. The van der Waals surface area contributed by atoms with Gasteiger partial charge in [0.1, 0.15) is 0 Å². The molecule has 0 aliphatic rings. The summed E-state index contributed by atoms with van der Waals surface area (Å²) in [4.78, 5) is 4.28. The van der Waals surface area contributed by atoms with E-state index in [1.54, 1.807) is 6.20 Å². The number of halogens is 1. The highest BCUT2D eigenvalue weighted by Crippen LogP contribution is 2.30. The van der Waals surface area contributed by atoms with E-state index >= 15 is 0 Å². The summed E-state index contributed by atoms with van der Waals surface area (Å²) in [7, 11) is 1.94. The molecule has 0 atom stereocenters. The molecule has 3 nitrogen and oxygen atoms in total. The highest BCUT2D eigenvalue weighted by atomic mass is 35.5. The molecule has 0 aliphatic heterocycles. The molecule has 0 unspecified atom stereocenters. The van der Waals surface area contributed by atoms with Crippen molar-refractivity contribution in [1.29, 1.82) is 0 Å². The van der Waals surface area contributed by atoms with Crippen molar-refractivity contribution >= 4 is 11.6 Å². The number of benzene rings is 1. The molecular weight excluding hydrogens is 248 g/mol. The van der Waals surface area contributed by atoms with Gasteiger partial charge in [0.15, 0.2) is 11.7 Å². The van der Waals surface area contributed by atoms with E-state index < -0.39 is 0 Å². The highest BCUT2D eigenvalue weighted by molar-refractivity contribution is 6.33. The molecule has 0 fully saturated rings. The van der Waals surface area contributed by atoms with Crippen molar-refractivity contribution in [2.24, 2.45) is 0 Å². The van der Waals surface area contributed by atoms with Crippen LogP contribution in [-0.2, 0) is 6.42 Å². The third kappa shape index (κ3) is 2.92. The van der Waals surface area contributed by atoms with E-state index in [2.05, 4.69) is 10.3 Å². The van der Waals surface area contributed by atoms with E-state index in [1.807, 2.05) is 32.2 Å². The van der Waals surface area contributed by atoms with Crippen LogP contribution in [0.15, 0.2) is 28.8 Å². The van der Waals surface area contributed by atoms with Gasteiger partial charge < -0.3 is 9.73 Å². The van der Waals surface area contributed by atoms with Crippen molar-refractivity contribution in [3.63, 3.8) is 0 Å². The predicted octanol–water partition coefficient (Wildman–Crippen LogP) is 3.46. The molecule has 1 aromatic heterocycles. The third-order valence-electron chi connectivity index (χ3n) is 2.83. The molecule has 1 N–H and O–H groups in total. The molecule has 2 aromatic rings. The first-order valence-corrected chi connectivity index (χ1v) is 6.45. The van der Waals surface area contributed by atoms with Crippen LogP contribution in [0.2, 0.25) is 5.02 Å². The maximum absolute atomic E-state index is 6.27. The number of nitrogens with one attached hydrogen (secondary N) is 1. The molecule has 0 aliphatic carbocycles. The van der Waals surface area contributed by atoms with Gasteiger partial charge in [0, 0.05) is 12.0 Å². The first-order chi connectivity index (χ1) is 8.72. The van der Waals surface area contributed by atoms with Crippen LogP contribution in [0.4, 0.5) is 0 Å². The second kappa shape index (κ2) is 6.03. The topological polar surface area (TPSA) is 38.1 Å². The fourth-order valence-electron chi connectivity index (χ4n) is 1.80. The number of rotatable bonds is 5. The van der Waals surface area contributed by atoms with Gasteiger partial charge >= 0.3 is 0 Å². The van der Waals surface area contributed by atoms with Crippen LogP contribution in [-0.4, -0.2) is 18.6 Å². The standard InChI is InChI=1S/C14H17ClN2O/c1-10-5-3-6-11(14(10)15)12-9-17-13(18-12)7-4-8-16-2/h3,5-6,9,16H,4,7-8H2,1-2H3. The Labute approximate surface area is 112 Å². The van der Waals surface area contributed by atoms with Crippen LogP contribution < -0.4 is 5.32 Å². The lowest BCUT2D eigenvalue weighted by atomic mass is 10.1. The van der Waals surface area contributed by atoms with Gasteiger partial charge in [0.05, 0.1) is 11.2 Å². The number of aryl methyl sites for hydroxylation is 2. The zero-order valence-electron chi connectivity index (χ0n) is 10.7. The SMILES string of the molecule is CNCCCc1ncc(-c2cccc(C)c2Cl)o1. The summed E-state index contributed by atoms with van der Waals surface area (Å²) in [6, 6.07) is 5.91. The summed E-state index contributed by atoms with van der Waals surface area (Å²) in [6.45, 7) is 2.94. The van der Waals surface area contributed by atoms with Crippen molar-refractivity contribution in [2.75, 3.05) is 13.6 Å². The van der Waals surface area contributed by atoms with Gasteiger partial charge in [-0.2, -0.15) is 0 Å². The molecule has 4 heteroatoms. The molecular formula is C14H17ClN2O. The quantitative estimate of drug-likeness (QED) is 0.841. The number of oxazole rings is 1. The first-order valence-electron chi connectivity index (χ1n) is 6.07. The average Bonchev–Trinajstić information content (AvgIpc) is 2.82. The Bertz CT molecular complexity index is 522. The lowest BCUT2D eigenvalue weighted by Gasteiger charge is -2.02. The number of hydrogen-bond donors (Lipinski definition) is 1. The molecule has 0 bridgehead atoms. The van der Waals surface area contributed by atoms with E-state index in [0.717, 1.165) is 47.2 Å². The molecule has 96 valence electrons. The molecule has 0 amide bonds. The Morgan fingerprint density at radius 3 is 3.00 bits per heavy atom. The van der Waals surface area contributed by atoms with Crippen molar-refractivity contribution in [2.45, 2.75) is 19.8 Å². The average molecular weight is 265 g/mol. The second-order valence-corrected chi connectivity index (χ2v) is 4.64. The summed E-state index contributed by atoms with van der Waals surface area (Å²) < 4.78 is 5.73. The second-order valence-electron chi connectivity index (χ2n) is 4.26. The van der Waals surface area contributed by atoms with E-state index in [0.29, 0.717) is 0 Å². The number of aromatic nitrogens is 1. The maximum Gasteiger partial charge on any atom is 0.194 e. The van der Waals surface area contributed by atoms with Gasteiger partial charge in [-0.25, -0.2) is 4.98 Å². The first kappa shape index (κ1) is 13.1. The molecule has 0 radical (unpaired) electrons. The van der Waals surface area contributed by atoms with Gasteiger partial charge in [0.25, 0.3) is 0 Å². The monoisotopic (exact) mass is 264 g/mol. The Kier molecular flexibility index (Phi) is 4.39. The molecule has 0 spiro atoms. The van der Waals surface area contributed by atoms with E-state index in [9.17, 15) is 0 Å². The molecule has 0 saturated heterocycles. The Morgan fingerprint density at radius 2 is 2.22 bits per heavy atom. The summed E-state index contributed by atoms with van der Waals surface area (Å²) in [5.74, 6) is 1.50. The van der Waals surface area contributed by atoms with Crippen molar-refractivity contribution in [1.82, 2.24) is 10.3 Å². The zero-order valence-corrected chi connectivity index (χ0v) is 11.4. The Hall–Kier alpha value is -1.32. The van der Waals surface area contributed by atoms with Gasteiger partial charge in [0.2, 0.25) is 0 Å². The summed E-state index contributed by atoms with van der Waals surface area (Å²) in [6.07, 6.45) is 3.59. The third-order valence-corrected chi connectivity index (χ3v) is 3.33. The zero-order chi connectivity index (χ0) is 13.0. The Balaban J connectivity index is 2.16. The van der Waals surface area contributed by atoms with E-state index in [-0.39, 0.29) is 0 Å². The number of nitrogens with zero attached hydrogens (tertiary/aromatic N) is 1. The largest absolute Gasteiger partial charge is 0.441 e. The molecule has 1 aromatic carbocycles. The molecule has 1 heterocycles. The predicted molar refractivity (Wildman–Crippen MR) is 73.9 cm³/mol. The lowest BCUT2D eigenvalue weighted by molar-refractivity contribution is 0.495. The van der Waals surface area contributed by atoms with Crippen LogP contribution >= 0.6 is 11.6 Å². The summed E-state index contributed by atoms with van der Waals surface area (Å²) in [5, 5.41) is 3.83. The lowest BCUT2D eigenvalue weighted by Crippen LogP contribution is -2.08. The van der Waals surface area contributed by atoms with Gasteiger partial charge in [-0.3, -0.25) is 0 Å². The van der Waals surface area contributed by atoms with Crippen LogP contribution in [0.5, 0.6) is 0 Å². The van der Waals surface area contributed by atoms with Crippen molar-refractivity contribution < 1.29 is 4.42 Å². The van der Waals surface area contributed by atoms with Crippen molar-refractivity contribution in [3.05, 3.63) is 40.9 Å². The van der Waals surface area contributed by atoms with Crippen LogP contribution in [0.3, 0.4) is 0 Å². The van der Waals surface area contributed by atoms with Gasteiger partial charge in [-0.05, 0) is 38.6 Å². The minimum absolute atomic E-state index is 0.732. The maximum atomic E-state index is 6.27. The minimum Gasteiger partial charge on any atom is -0.441 e. The molecule has 2 rings (SSSR count). The minimum atomic E-state index is 0.732. The van der Waals surface area contributed by atoms with E-state index in [4.69, 9.17) is 16.0 Å². The summed E-state index contributed by atoms with van der Waals surface area (Å²) in [5.41, 5.74) is 1.95. The fourth-order valence-corrected chi connectivity index (χ4v) is 2.02. The van der Waals surface area contributed by atoms with Gasteiger partial charge in [-0.1, -0.05) is 23.7 Å². The smallest absolute Gasteiger partial charge is 0.194 e. The number of hydrogen-bond acceptors (Lipinski definition) is 3. The van der Waals surface area contributed by atoms with Gasteiger partial charge in [-0.15, -0.1) is 0 Å². The van der Waals surface area contributed by atoms with Crippen LogP contribution in [0.25, 0.3) is 11.3 Å². The summed E-state index contributed by atoms with van der Waals surface area (Å²) >= 11 is 6.27. The molecule has 0 saturated carbocycles. The van der Waals surface area contributed by atoms with Crippen molar-refractivity contribution in [3.8, 4) is 11.3 Å². The van der Waals surface area contributed by atoms with Crippen LogP contribution in [0.1, 0.15) is 17.9 Å². The van der Waals surface area contributed by atoms with E-state index in [1.165, 1.54) is 0 Å². The molecule has 18 heavy (non-hydrogen) atoms. The normalized spacial score (nSPS) is 10.8. The van der Waals surface area contributed by atoms with Crippen LogP contribution in [0, 0.1) is 6.92 Å².